The Labute approximate surface area is 174 Å². The summed E-state index contributed by atoms with van der Waals surface area (Å²) in [4.78, 5) is 13.4. The Balaban J connectivity index is 2.09. The van der Waals surface area contributed by atoms with E-state index in [1.165, 1.54) is 14.2 Å². The Bertz CT molecular complexity index is 1160. The summed E-state index contributed by atoms with van der Waals surface area (Å²) in [6.07, 6.45) is 2.03. The SMILES string of the molecule is COc1ccc(-c2oc3c(C4CC4)c(OC)cc(OC)c3c(=O)c2OC)cc1OC. The van der Waals surface area contributed by atoms with Crippen molar-refractivity contribution in [3.05, 3.63) is 40.1 Å². The molecule has 0 N–H and O–H groups in total. The van der Waals surface area contributed by atoms with Crippen LogP contribution in [0.25, 0.3) is 22.3 Å². The van der Waals surface area contributed by atoms with Gasteiger partial charge in [0.05, 0.1) is 35.5 Å². The Morgan fingerprint density at radius 1 is 0.800 bits per heavy atom. The van der Waals surface area contributed by atoms with Gasteiger partial charge in [-0.25, -0.2) is 0 Å². The zero-order valence-corrected chi connectivity index (χ0v) is 17.7. The molecule has 1 aliphatic rings. The van der Waals surface area contributed by atoms with Crippen LogP contribution in [0.15, 0.2) is 33.5 Å². The van der Waals surface area contributed by atoms with Crippen molar-refractivity contribution in [2.24, 2.45) is 0 Å². The van der Waals surface area contributed by atoms with E-state index in [0.717, 1.165) is 18.4 Å². The summed E-state index contributed by atoms with van der Waals surface area (Å²) in [7, 11) is 7.67. The molecule has 0 bridgehead atoms. The van der Waals surface area contributed by atoms with E-state index in [9.17, 15) is 4.79 Å². The van der Waals surface area contributed by atoms with Gasteiger partial charge in [0.25, 0.3) is 0 Å². The number of hydrogen-bond acceptors (Lipinski definition) is 7. The van der Waals surface area contributed by atoms with Crippen LogP contribution in [0.3, 0.4) is 0 Å². The predicted molar refractivity (Wildman–Crippen MR) is 113 cm³/mol. The molecule has 1 aromatic heterocycles. The molecule has 0 atom stereocenters. The van der Waals surface area contributed by atoms with Gasteiger partial charge in [-0.3, -0.25) is 4.79 Å². The molecule has 0 unspecified atom stereocenters. The highest BCUT2D eigenvalue weighted by Gasteiger charge is 2.33. The van der Waals surface area contributed by atoms with Crippen molar-refractivity contribution in [1.29, 1.82) is 0 Å². The summed E-state index contributed by atoms with van der Waals surface area (Å²) >= 11 is 0. The molecule has 3 aromatic rings. The average molecular weight is 412 g/mol. The minimum Gasteiger partial charge on any atom is -0.496 e. The van der Waals surface area contributed by atoms with Crippen molar-refractivity contribution in [2.75, 3.05) is 35.5 Å². The van der Waals surface area contributed by atoms with Gasteiger partial charge in [0.15, 0.2) is 17.3 Å². The number of fused-ring (bicyclic) bond motifs is 1. The van der Waals surface area contributed by atoms with Crippen LogP contribution in [0.1, 0.15) is 24.3 Å². The van der Waals surface area contributed by atoms with Crippen molar-refractivity contribution < 1.29 is 28.1 Å². The van der Waals surface area contributed by atoms with Gasteiger partial charge in [-0.05, 0) is 37.0 Å². The lowest BCUT2D eigenvalue weighted by Gasteiger charge is -2.17. The minimum atomic E-state index is -0.301. The van der Waals surface area contributed by atoms with Crippen molar-refractivity contribution in [1.82, 2.24) is 0 Å². The second kappa shape index (κ2) is 7.82. The number of hydrogen-bond donors (Lipinski definition) is 0. The molecule has 30 heavy (non-hydrogen) atoms. The molecule has 0 aliphatic heterocycles. The molecular formula is C23H24O7. The van der Waals surface area contributed by atoms with E-state index in [1.807, 2.05) is 0 Å². The van der Waals surface area contributed by atoms with E-state index in [1.54, 1.807) is 45.6 Å². The van der Waals surface area contributed by atoms with Crippen molar-refractivity contribution in [3.63, 3.8) is 0 Å². The molecule has 0 radical (unpaired) electrons. The molecular weight excluding hydrogens is 388 g/mol. The smallest absolute Gasteiger partial charge is 0.239 e. The van der Waals surface area contributed by atoms with E-state index in [4.69, 9.17) is 28.1 Å². The van der Waals surface area contributed by atoms with Gasteiger partial charge in [0.2, 0.25) is 11.2 Å². The lowest BCUT2D eigenvalue weighted by atomic mass is 10.0. The van der Waals surface area contributed by atoms with E-state index in [-0.39, 0.29) is 17.1 Å². The zero-order valence-electron chi connectivity index (χ0n) is 17.7. The average Bonchev–Trinajstić information content (AvgIpc) is 3.62. The maximum Gasteiger partial charge on any atom is 0.239 e. The fraction of sp³-hybridized carbons (Fsp3) is 0.348. The van der Waals surface area contributed by atoms with Gasteiger partial charge in [-0.2, -0.15) is 0 Å². The molecule has 7 nitrogen and oxygen atoms in total. The third-order valence-corrected chi connectivity index (χ3v) is 5.36. The van der Waals surface area contributed by atoms with Crippen LogP contribution in [0, 0.1) is 0 Å². The first kappa shape index (κ1) is 19.9. The summed E-state index contributed by atoms with van der Waals surface area (Å²) in [5, 5.41) is 0.348. The molecule has 1 saturated carbocycles. The zero-order chi connectivity index (χ0) is 21.4. The van der Waals surface area contributed by atoms with Gasteiger partial charge in [-0.15, -0.1) is 0 Å². The second-order valence-corrected chi connectivity index (χ2v) is 7.04. The summed E-state index contributed by atoms with van der Waals surface area (Å²) in [6, 6.07) is 7.04. The number of ether oxygens (including phenoxy) is 5. The summed E-state index contributed by atoms with van der Waals surface area (Å²) < 4.78 is 33.6. The molecule has 1 heterocycles. The van der Waals surface area contributed by atoms with Crippen molar-refractivity contribution >= 4 is 11.0 Å². The van der Waals surface area contributed by atoms with Crippen LogP contribution in [0.4, 0.5) is 0 Å². The molecule has 1 aliphatic carbocycles. The quantitative estimate of drug-likeness (QED) is 0.570. The van der Waals surface area contributed by atoms with Crippen LogP contribution in [-0.4, -0.2) is 35.5 Å². The third kappa shape index (κ3) is 3.10. The fourth-order valence-corrected chi connectivity index (χ4v) is 3.75. The number of benzene rings is 2. The van der Waals surface area contributed by atoms with Crippen LogP contribution in [0.2, 0.25) is 0 Å². The highest BCUT2D eigenvalue weighted by Crippen LogP contribution is 2.50. The highest BCUT2D eigenvalue weighted by molar-refractivity contribution is 5.92. The van der Waals surface area contributed by atoms with Gasteiger partial charge >= 0.3 is 0 Å². The molecule has 0 saturated heterocycles. The van der Waals surface area contributed by atoms with Crippen molar-refractivity contribution in [2.45, 2.75) is 18.8 Å². The van der Waals surface area contributed by atoms with Crippen LogP contribution in [0.5, 0.6) is 28.7 Å². The molecule has 158 valence electrons. The monoisotopic (exact) mass is 412 g/mol. The third-order valence-electron chi connectivity index (χ3n) is 5.36. The number of rotatable bonds is 7. The second-order valence-electron chi connectivity index (χ2n) is 7.04. The van der Waals surface area contributed by atoms with Gasteiger partial charge in [0, 0.05) is 17.2 Å². The van der Waals surface area contributed by atoms with Gasteiger partial charge < -0.3 is 28.1 Å². The minimum absolute atomic E-state index is 0.0972. The summed E-state index contributed by atoms with van der Waals surface area (Å²) in [6.45, 7) is 0. The number of methoxy groups -OCH3 is 5. The van der Waals surface area contributed by atoms with Gasteiger partial charge in [0.1, 0.15) is 22.5 Å². The Morgan fingerprint density at radius 3 is 2.03 bits per heavy atom. The fourth-order valence-electron chi connectivity index (χ4n) is 3.75. The van der Waals surface area contributed by atoms with Crippen LogP contribution >= 0.6 is 0 Å². The predicted octanol–water partition coefficient (Wildman–Crippen LogP) is 4.38. The molecule has 4 rings (SSSR count). The first-order valence-electron chi connectivity index (χ1n) is 9.59. The standard InChI is InChI=1S/C23H24O7/c1-25-14-9-8-13(10-15(14)26-2)21-23(29-5)20(24)19-17(28-4)11-16(27-3)18(12-6-7-12)22(19)30-21/h8-12H,6-7H2,1-5H3. The molecule has 0 amide bonds. The normalized spacial score (nSPS) is 13.2. The summed E-state index contributed by atoms with van der Waals surface area (Å²) in [5.41, 5.74) is 1.68. The van der Waals surface area contributed by atoms with E-state index in [2.05, 4.69) is 0 Å². The lowest BCUT2D eigenvalue weighted by molar-refractivity contribution is 0.355. The summed E-state index contributed by atoms with van der Waals surface area (Å²) in [5.74, 6) is 2.82. The largest absolute Gasteiger partial charge is 0.496 e. The topological polar surface area (TPSA) is 76.4 Å². The van der Waals surface area contributed by atoms with Crippen LogP contribution in [-0.2, 0) is 0 Å². The van der Waals surface area contributed by atoms with E-state index >= 15 is 0 Å². The van der Waals surface area contributed by atoms with E-state index < -0.39 is 0 Å². The molecule has 7 heteroatoms. The first-order chi connectivity index (χ1) is 14.6. The maximum absolute atomic E-state index is 13.4. The maximum atomic E-state index is 13.4. The van der Waals surface area contributed by atoms with Crippen LogP contribution < -0.4 is 29.1 Å². The lowest BCUT2D eigenvalue weighted by Crippen LogP contribution is -2.10. The Hall–Kier alpha value is -3.35. The first-order valence-corrected chi connectivity index (χ1v) is 9.59. The molecule has 1 fully saturated rings. The molecule has 0 spiro atoms. The van der Waals surface area contributed by atoms with E-state index in [0.29, 0.717) is 45.3 Å². The van der Waals surface area contributed by atoms with Gasteiger partial charge in [-0.1, -0.05) is 0 Å². The highest BCUT2D eigenvalue weighted by atomic mass is 16.5. The Kier molecular flexibility index (Phi) is 5.20. The molecule has 2 aromatic carbocycles. The Morgan fingerprint density at radius 2 is 1.47 bits per heavy atom. The van der Waals surface area contributed by atoms with Crippen molar-refractivity contribution in [3.8, 4) is 40.1 Å².